The fourth-order valence-corrected chi connectivity index (χ4v) is 3.19. The van der Waals surface area contributed by atoms with Crippen molar-refractivity contribution in [2.75, 3.05) is 13.1 Å². The van der Waals surface area contributed by atoms with Gasteiger partial charge in [-0.2, -0.15) is 0 Å². The number of likely N-dealkylation sites (tertiary alicyclic amines) is 1. The van der Waals surface area contributed by atoms with E-state index in [1.165, 1.54) is 0 Å². The van der Waals surface area contributed by atoms with Gasteiger partial charge in [-0.15, -0.1) is 0 Å². The summed E-state index contributed by atoms with van der Waals surface area (Å²) in [7, 11) is 0. The van der Waals surface area contributed by atoms with Gasteiger partial charge in [0, 0.05) is 18.7 Å². The Morgan fingerprint density at radius 3 is 2.41 bits per heavy atom. The van der Waals surface area contributed by atoms with Crippen LogP contribution in [-0.2, 0) is 10.2 Å². The molecule has 1 N–H and O–H groups in total. The van der Waals surface area contributed by atoms with Gasteiger partial charge in [-0.3, -0.25) is 9.59 Å². The maximum absolute atomic E-state index is 12.9. The second-order valence-electron chi connectivity index (χ2n) is 7.26. The van der Waals surface area contributed by atoms with Crippen molar-refractivity contribution >= 4 is 11.9 Å². The van der Waals surface area contributed by atoms with Crippen molar-refractivity contribution in [1.82, 2.24) is 4.90 Å². The van der Waals surface area contributed by atoms with Crippen LogP contribution in [0.5, 0.6) is 0 Å². The molecule has 0 bridgehead atoms. The van der Waals surface area contributed by atoms with E-state index in [-0.39, 0.29) is 23.2 Å². The summed E-state index contributed by atoms with van der Waals surface area (Å²) in [5.74, 6) is -1.10. The lowest BCUT2D eigenvalue weighted by Crippen LogP contribution is -2.45. The lowest BCUT2D eigenvalue weighted by molar-refractivity contribution is -0.145. The summed E-state index contributed by atoms with van der Waals surface area (Å²) in [6, 6.07) is 7.71. The number of rotatable bonds is 2. The molecule has 0 aliphatic carbocycles. The first-order valence-electron chi connectivity index (χ1n) is 7.83. The maximum atomic E-state index is 12.9. The zero-order valence-corrected chi connectivity index (χ0v) is 13.8. The SMILES string of the molecule is CC1CN(C(=O)c2ccccc2C(C)(C)C)CCC1C(=O)O. The molecule has 22 heavy (non-hydrogen) atoms. The highest BCUT2D eigenvalue weighted by Gasteiger charge is 2.34. The molecule has 0 spiro atoms. The standard InChI is InChI=1S/C18H25NO3/c1-12-11-19(10-9-13(12)17(21)22)16(20)14-7-5-6-8-15(14)18(2,3)4/h5-8,12-13H,9-11H2,1-4H3,(H,21,22). The molecule has 1 amide bonds. The van der Waals surface area contributed by atoms with Gasteiger partial charge in [0.1, 0.15) is 0 Å². The summed E-state index contributed by atoms with van der Waals surface area (Å²) in [4.78, 5) is 25.9. The van der Waals surface area contributed by atoms with E-state index in [1.807, 2.05) is 31.2 Å². The summed E-state index contributed by atoms with van der Waals surface area (Å²) < 4.78 is 0. The van der Waals surface area contributed by atoms with Gasteiger partial charge in [-0.25, -0.2) is 0 Å². The number of nitrogens with zero attached hydrogens (tertiary/aromatic N) is 1. The topological polar surface area (TPSA) is 57.6 Å². The predicted octanol–water partition coefficient (Wildman–Crippen LogP) is 3.17. The Hall–Kier alpha value is -1.84. The van der Waals surface area contributed by atoms with Crippen LogP contribution in [0.2, 0.25) is 0 Å². The number of carbonyl (C=O) groups is 2. The zero-order valence-electron chi connectivity index (χ0n) is 13.8. The van der Waals surface area contributed by atoms with Crippen LogP contribution in [0.3, 0.4) is 0 Å². The average Bonchev–Trinajstić information content (AvgIpc) is 2.45. The largest absolute Gasteiger partial charge is 0.481 e. The molecule has 1 saturated heterocycles. The molecular weight excluding hydrogens is 278 g/mol. The molecule has 1 fully saturated rings. The molecule has 2 rings (SSSR count). The highest BCUT2D eigenvalue weighted by Crippen LogP contribution is 2.29. The van der Waals surface area contributed by atoms with Crippen LogP contribution in [0, 0.1) is 11.8 Å². The van der Waals surface area contributed by atoms with E-state index in [4.69, 9.17) is 0 Å². The molecule has 0 radical (unpaired) electrons. The van der Waals surface area contributed by atoms with Gasteiger partial charge in [0.2, 0.25) is 0 Å². The fraction of sp³-hybridized carbons (Fsp3) is 0.556. The van der Waals surface area contributed by atoms with Crippen LogP contribution < -0.4 is 0 Å². The number of hydrogen-bond donors (Lipinski definition) is 1. The Balaban J connectivity index is 2.22. The van der Waals surface area contributed by atoms with Crippen LogP contribution in [-0.4, -0.2) is 35.0 Å². The number of carboxylic acid groups (broad SMARTS) is 1. The van der Waals surface area contributed by atoms with Gasteiger partial charge >= 0.3 is 5.97 Å². The summed E-state index contributed by atoms with van der Waals surface area (Å²) in [5, 5.41) is 9.20. The summed E-state index contributed by atoms with van der Waals surface area (Å²) in [5.41, 5.74) is 1.67. The minimum absolute atomic E-state index is 0.0150. The quantitative estimate of drug-likeness (QED) is 0.913. The van der Waals surface area contributed by atoms with Gasteiger partial charge in [-0.1, -0.05) is 45.9 Å². The molecule has 2 atom stereocenters. The van der Waals surface area contributed by atoms with Crippen molar-refractivity contribution in [3.63, 3.8) is 0 Å². The Bertz CT molecular complexity index is 574. The van der Waals surface area contributed by atoms with Crippen molar-refractivity contribution in [2.45, 2.75) is 39.5 Å². The van der Waals surface area contributed by atoms with E-state index in [2.05, 4.69) is 20.8 Å². The normalized spacial score (nSPS) is 22.5. The predicted molar refractivity (Wildman–Crippen MR) is 86.0 cm³/mol. The lowest BCUT2D eigenvalue weighted by Gasteiger charge is -2.36. The Labute approximate surface area is 132 Å². The molecule has 0 aromatic heterocycles. The Kier molecular flexibility index (Phi) is 4.59. The van der Waals surface area contributed by atoms with Gasteiger partial charge in [-0.05, 0) is 29.4 Å². The van der Waals surface area contributed by atoms with Crippen LogP contribution in [0.15, 0.2) is 24.3 Å². The maximum Gasteiger partial charge on any atom is 0.306 e. The van der Waals surface area contributed by atoms with Crippen LogP contribution in [0.4, 0.5) is 0 Å². The van der Waals surface area contributed by atoms with Gasteiger partial charge < -0.3 is 10.0 Å². The molecule has 1 aliphatic rings. The van der Waals surface area contributed by atoms with Crippen LogP contribution in [0.25, 0.3) is 0 Å². The third-order valence-corrected chi connectivity index (χ3v) is 4.48. The molecule has 1 aromatic rings. The van der Waals surface area contributed by atoms with E-state index in [1.54, 1.807) is 4.90 Å². The number of amides is 1. The second-order valence-corrected chi connectivity index (χ2v) is 7.26. The highest BCUT2D eigenvalue weighted by atomic mass is 16.4. The average molecular weight is 303 g/mol. The van der Waals surface area contributed by atoms with Gasteiger partial charge in [0.05, 0.1) is 5.92 Å². The van der Waals surface area contributed by atoms with Crippen LogP contribution in [0.1, 0.15) is 50.0 Å². The summed E-state index contributed by atoms with van der Waals surface area (Å²) in [6.45, 7) is 9.22. The molecular formula is C18H25NO3. The third-order valence-electron chi connectivity index (χ3n) is 4.48. The van der Waals surface area contributed by atoms with Crippen molar-refractivity contribution < 1.29 is 14.7 Å². The van der Waals surface area contributed by atoms with E-state index < -0.39 is 5.97 Å². The minimum Gasteiger partial charge on any atom is -0.481 e. The third kappa shape index (κ3) is 3.32. The first-order valence-corrected chi connectivity index (χ1v) is 7.83. The number of carbonyl (C=O) groups excluding carboxylic acids is 1. The second kappa shape index (κ2) is 6.11. The highest BCUT2D eigenvalue weighted by molar-refractivity contribution is 5.96. The van der Waals surface area contributed by atoms with E-state index >= 15 is 0 Å². The molecule has 4 heteroatoms. The Morgan fingerprint density at radius 1 is 1.23 bits per heavy atom. The molecule has 1 heterocycles. The molecule has 0 saturated carbocycles. The molecule has 1 aliphatic heterocycles. The number of carboxylic acids is 1. The molecule has 4 nitrogen and oxygen atoms in total. The number of piperidine rings is 1. The monoisotopic (exact) mass is 303 g/mol. The van der Waals surface area contributed by atoms with Crippen molar-refractivity contribution in [2.24, 2.45) is 11.8 Å². The zero-order chi connectivity index (χ0) is 16.5. The first-order chi connectivity index (χ1) is 10.2. The number of aliphatic carboxylic acids is 1. The number of hydrogen-bond acceptors (Lipinski definition) is 2. The van der Waals surface area contributed by atoms with Crippen molar-refractivity contribution in [3.8, 4) is 0 Å². The number of benzene rings is 1. The van der Waals surface area contributed by atoms with Crippen molar-refractivity contribution in [1.29, 1.82) is 0 Å². The Morgan fingerprint density at radius 2 is 1.86 bits per heavy atom. The van der Waals surface area contributed by atoms with Gasteiger partial charge in [0.15, 0.2) is 0 Å². The van der Waals surface area contributed by atoms with Gasteiger partial charge in [0.25, 0.3) is 5.91 Å². The summed E-state index contributed by atoms with van der Waals surface area (Å²) >= 11 is 0. The summed E-state index contributed by atoms with van der Waals surface area (Å²) in [6.07, 6.45) is 0.528. The van der Waals surface area contributed by atoms with E-state index in [9.17, 15) is 14.7 Å². The molecule has 2 unspecified atom stereocenters. The molecule has 120 valence electrons. The van der Waals surface area contributed by atoms with Crippen molar-refractivity contribution in [3.05, 3.63) is 35.4 Å². The van der Waals surface area contributed by atoms with E-state index in [0.29, 0.717) is 19.5 Å². The van der Waals surface area contributed by atoms with Crippen LogP contribution >= 0.6 is 0 Å². The lowest BCUT2D eigenvalue weighted by atomic mass is 9.82. The smallest absolute Gasteiger partial charge is 0.306 e. The molecule has 1 aromatic carbocycles. The first kappa shape index (κ1) is 16.5. The van der Waals surface area contributed by atoms with E-state index in [0.717, 1.165) is 11.1 Å². The fourth-order valence-electron chi connectivity index (χ4n) is 3.19. The minimum atomic E-state index is -0.755.